The van der Waals surface area contributed by atoms with Gasteiger partial charge in [-0.3, -0.25) is 9.59 Å². The van der Waals surface area contributed by atoms with Gasteiger partial charge in [0.1, 0.15) is 0 Å². The molecule has 2 aromatic rings. The number of hydrogen-bond donors (Lipinski definition) is 1. The number of aryl methyl sites for hydroxylation is 1. The molecule has 1 fully saturated rings. The van der Waals surface area contributed by atoms with Crippen LogP contribution in [0.1, 0.15) is 43.7 Å². The number of fused-ring (bicyclic) bond motifs is 1. The summed E-state index contributed by atoms with van der Waals surface area (Å²) in [6.45, 7) is 7.42. The second-order valence-corrected chi connectivity index (χ2v) is 8.89. The molecule has 8 nitrogen and oxygen atoms in total. The number of esters is 1. The van der Waals surface area contributed by atoms with Crippen LogP contribution in [-0.4, -0.2) is 72.8 Å². The Hall–Kier alpha value is -1.87. The lowest BCUT2D eigenvalue weighted by Crippen LogP contribution is -2.54. The van der Waals surface area contributed by atoms with Crippen LogP contribution in [0.4, 0.5) is 0 Å². The Morgan fingerprint density at radius 3 is 2.59 bits per heavy atom. The molecule has 1 aromatic carbocycles. The van der Waals surface area contributed by atoms with Crippen LogP contribution >= 0.6 is 24.8 Å². The van der Waals surface area contributed by atoms with Crippen LogP contribution in [-0.2, 0) is 20.8 Å². The maximum Gasteiger partial charge on any atom is 0.310 e. The number of nitrogens with one attached hydrogen (secondary N) is 1. The van der Waals surface area contributed by atoms with Crippen molar-refractivity contribution in [1.29, 1.82) is 0 Å². The minimum absolute atomic E-state index is 0. The van der Waals surface area contributed by atoms with Gasteiger partial charge in [0.15, 0.2) is 5.82 Å². The van der Waals surface area contributed by atoms with Crippen molar-refractivity contribution in [1.82, 2.24) is 19.8 Å². The van der Waals surface area contributed by atoms with E-state index < -0.39 is 0 Å². The van der Waals surface area contributed by atoms with Crippen molar-refractivity contribution >= 4 is 47.7 Å². The topological polar surface area (TPSA) is 85.7 Å². The Bertz CT molecular complexity index is 922. The van der Waals surface area contributed by atoms with Crippen LogP contribution in [0.25, 0.3) is 11.0 Å². The van der Waals surface area contributed by atoms with Gasteiger partial charge in [0.2, 0.25) is 0 Å². The molecule has 34 heavy (non-hydrogen) atoms. The summed E-state index contributed by atoms with van der Waals surface area (Å²) in [4.78, 5) is 32.7. The largest absolute Gasteiger partial charge is 0.469 e. The lowest BCUT2D eigenvalue weighted by atomic mass is 9.94. The summed E-state index contributed by atoms with van der Waals surface area (Å²) in [5.74, 6) is 0.180. The van der Waals surface area contributed by atoms with Gasteiger partial charge in [-0.15, -0.1) is 24.8 Å². The fourth-order valence-electron chi connectivity index (χ4n) is 4.40. The maximum atomic E-state index is 13.9. The number of carbonyl (C=O) groups excluding carboxylic acids is 2. The first-order chi connectivity index (χ1) is 15.5. The maximum absolute atomic E-state index is 13.9. The number of hydrogen-bond acceptors (Lipinski definition) is 6. The minimum atomic E-state index is -0.255. The molecule has 0 saturated carbocycles. The Morgan fingerprint density at radius 2 is 1.91 bits per heavy atom. The summed E-state index contributed by atoms with van der Waals surface area (Å²) in [5.41, 5.74) is 1.79. The highest BCUT2D eigenvalue weighted by molar-refractivity contribution is 5.95. The fourth-order valence-corrected chi connectivity index (χ4v) is 4.40. The van der Waals surface area contributed by atoms with Gasteiger partial charge in [0.25, 0.3) is 5.91 Å². The number of halogens is 2. The molecular weight excluding hydrogens is 479 g/mol. The van der Waals surface area contributed by atoms with Crippen molar-refractivity contribution in [3.63, 3.8) is 0 Å². The standard InChI is InChI=1S/C24H36N4O4.2ClH/c1-17(2)16-28(19-13-18(14-25-15-19)24(30)32-4)23(29)22-26-20-9-5-6-10-21(20)27(22)11-7-8-12-31-3;;/h5-6,9-10,17-19,25H,7-8,11-16H2,1-4H3;2*1H/t18?,19-;;/m0../s1. The van der Waals surface area contributed by atoms with Gasteiger partial charge in [-0.05, 0) is 37.3 Å². The zero-order chi connectivity index (χ0) is 23.1. The number of piperidine rings is 1. The normalized spacial score (nSPS) is 17.7. The van der Waals surface area contributed by atoms with Crippen molar-refractivity contribution in [2.24, 2.45) is 11.8 Å². The minimum Gasteiger partial charge on any atom is -0.469 e. The molecule has 2 heterocycles. The van der Waals surface area contributed by atoms with Crippen molar-refractivity contribution < 1.29 is 19.1 Å². The van der Waals surface area contributed by atoms with Crippen LogP contribution in [0.15, 0.2) is 24.3 Å². The number of nitrogens with zero attached hydrogens (tertiary/aromatic N) is 3. The number of unbranched alkanes of at least 4 members (excludes halogenated alkanes) is 1. The highest BCUT2D eigenvalue weighted by Gasteiger charge is 2.35. The molecular formula is C24H38Cl2N4O4. The van der Waals surface area contributed by atoms with Crippen LogP contribution < -0.4 is 5.32 Å². The Balaban J connectivity index is 0.00000289. The number of aromatic nitrogens is 2. The van der Waals surface area contributed by atoms with E-state index >= 15 is 0 Å². The average molecular weight is 517 g/mol. The first-order valence-corrected chi connectivity index (χ1v) is 11.5. The monoisotopic (exact) mass is 516 g/mol. The lowest BCUT2D eigenvalue weighted by molar-refractivity contribution is -0.146. The molecule has 0 spiro atoms. The van der Waals surface area contributed by atoms with E-state index in [4.69, 9.17) is 14.5 Å². The Labute approximate surface area is 214 Å². The van der Waals surface area contributed by atoms with Gasteiger partial charge in [0.05, 0.1) is 24.1 Å². The summed E-state index contributed by atoms with van der Waals surface area (Å²) in [6.07, 6.45) is 2.40. The van der Waals surface area contributed by atoms with E-state index in [0.29, 0.717) is 45.0 Å². The molecule has 1 N–H and O–H groups in total. The van der Waals surface area contributed by atoms with Crippen molar-refractivity contribution in [2.75, 3.05) is 40.5 Å². The smallest absolute Gasteiger partial charge is 0.310 e. The first-order valence-electron chi connectivity index (χ1n) is 11.5. The molecule has 1 saturated heterocycles. The Kier molecular flexibility index (Phi) is 12.9. The summed E-state index contributed by atoms with van der Waals surface area (Å²) < 4.78 is 12.2. The van der Waals surface area contributed by atoms with Crippen molar-refractivity contribution in [3.05, 3.63) is 30.1 Å². The number of imidazole rings is 1. The van der Waals surface area contributed by atoms with Crippen LogP contribution in [0.2, 0.25) is 0 Å². The van der Waals surface area contributed by atoms with Gasteiger partial charge < -0.3 is 24.3 Å². The molecule has 192 valence electrons. The summed E-state index contributed by atoms with van der Waals surface area (Å²) >= 11 is 0. The van der Waals surface area contributed by atoms with Crippen LogP contribution in [0, 0.1) is 11.8 Å². The number of carbonyl (C=O) groups is 2. The predicted octanol–water partition coefficient (Wildman–Crippen LogP) is 3.56. The molecule has 0 bridgehead atoms. The van der Waals surface area contributed by atoms with Crippen LogP contribution in [0.5, 0.6) is 0 Å². The van der Waals surface area contributed by atoms with E-state index in [2.05, 4.69) is 19.2 Å². The molecule has 1 unspecified atom stereocenters. The lowest BCUT2D eigenvalue weighted by Gasteiger charge is -2.38. The van der Waals surface area contributed by atoms with E-state index in [1.165, 1.54) is 7.11 Å². The number of methoxy groups -OCH3 is 2. The van der Waals surface area contributed by atoms with E-state index in [1.807, 2.05) is 33.7 Å². The number of rotatable bonds is 10. The molecule has 2 atom stereocenters. The average Bonchev–Trinajstić information content (AvgIpc) is 3.18. The third kappa shape index (κ3) is 7.31. The van der Waals surface area contributed by atoms with E-state index in [-0.39, 0.29) is 54.6 Å². The first kappa shape index (κ1) is 30.2. The van der Waals surface area contributed by atoms with E-state index in [1.54, 1.807) is 7.11 Å². The van der Waals surface area contributed by atoms with E-state index in [9.17, 15) is 9.59 Å². The number of amides is 1. The summed E-state index contributed by atoms with van der Waals surface area (Å²) in [5, 5.41) is 3.31. The quantitative estimate of drug-likeness (QED) is 0.383. The number of ether oxygens (including phenoxy) is 2. The van der Waals surface area contributed by atoms with Gasteiger partial charge in [-0.2, -0.15) is 0 Å². The van der Waals surface area contributed by atoms with Crippen LogP contribution in [0.3, 0.4) is 0 Å². The predicted molar refractivity (Wildman–Crippen MR) is 138 cm³/mol. The third-order valence-electron chi connectivity index (χ3n) is 5.95. The highest BCUT2D eigenvalue weighted by atomic mass is 35.5. The molecule has 1 aliphatic heterocycles. The van der Waals surface area contributed by atoms with Gasteiger partial charge in [-0.25, -0.2) is 4.98 Å². The molecule has 0 aliphatic carbocycles. The molecule has 3 rings (SSSR count). The summed E-state index contributed by atoms with van der Waals surface area (Å²) in [6, 6.07) is 7.78. The van der Waals surface area contributed by atoms with E-state index in [0.717, 1.165) is 23.9 Å². The highest BCUT2D eigenvalue weighted by Crippen LogP contribution is 2.23. The van der Waals surface area contributed by atoms with Gasteiger partial charge in [-0.1, -0.05) is 26.0 Å². The molecule has 1 aliphatic rings. The zero-order valence-electron chi connectivity index (χ0n) is 20.5. The molecule has 1 aromatic heterocycles. The molecule has 10 heteroatoms. The molecule has 1 amide bonds. The fraction of sp³-hybridized carbons (Fsp3) is 0.625. The zero-order valence-corrected chi connectivity index (χ0v) is 22.1. The van der Waals surface area contributed by atoms with Crippen molar-refractivity contribution in [3.8, 4) is 0 Å². The van der Waals surface area contributed by atoms with Crippen molar-refractivity contribution in [2.45, 2.75) is 45.7 Å². The second kappa shape index (κ2) is 14.5. The SMILES string of the molecule is COCCCCn1c(C(=O)N(CC(C)C)[C@@H]2CNCC(C(=O)OC)C2)nc2ccccc21.Cl.Cl. The number of para-hydroxylation sites is 2. The van der Waals surface area contributed by atoms with Gasteiger partial charge in [0, 0.05) is 45.9 Å². The third-order valence-corrected chi connectivity index (χ3v) is 5.95. The number of benzene rings is 1. The second-order valence-electron chi connectivity index (χ2n) is 8.89. The Morgan fingerprint density at radius 1 is 1.18 bits per heavy atom. The molecule has 0 radical (unpaired) electrons. The summed E-state index contributed by atoms with van der Waals surface area (Å²) in [7, 11) is 3.11. The van der Waals surface area contributed by atoms with Gasteiger partial charge >= 0.3 is 5.97 Å².